The van der Waals surface area contributed by atoms with Crippen LogP contribution in [-0.4, -0.2) is 11.7 Å². The Morgan fingerprint density at radius 3 is 2.53 bits per heavy atom. The molecule has 0 amide bonds. The van der Waals surface area contributed by atoms with Crippen molar-refractivity contribution in [2.24, 2.45) is 0 Å². The van der Waals surface area contributed by atoms with Crippen molar-refractivity contribution in [3.63, 3.8) is 0 Å². The van der Waals surface area contributed by atoms with Crippen molar-refractivity contribution in [1.82, 2.24) is 0 Å². The molecular weight excluding hydrogens is 212 g/mol. The molecule has 0 aliphatic carbocycles. The van der Waals surface area contributed by atoms with Gasteiger partial charge in [-0.15, -0.1) is 0 Å². The summed E-state index contributed by atoms with van der Waals surface area (Å²) in [5.74, 6) is 1.07. The fourth-order valence-electron chi connectivity index (χ4n) is 1.70. The third-order valence-electron chi connectivity index (χ3n) is 2.51. The SMILES string of the molecule is CCCOc1ccc(O)cc1-c1ccccc1. The van der Waals surface area contributed by atoms with Crippen molar-refractivity contribution >= 4 is 0 Å². The first-order valence-corrected chi connectivity index (χ1v) is 5.82. The van der Waals surface area contributed by atoms with Gasteiger partial charge in [0.05, 0.1) is 6.61 Å². The first kappa shape index (κ1) is 11.5. The van der Waals surface area contributed by atoms with Gasteiger partial charge in [0.25, 0.3) is 0 Å². The Balaban J connectivity index is 2.40. The number of hydrogen-bond acceptors (Lipinski definition) is 2. The predicted octanol–water partition coefficient (Wildman–Crippen LogP) is 3.85. The second kappa shape index (κ2) is 5.39. The zero-order chi connectivity index (χ0) is 12.1. The van der Waals surface area contributed by atoms with Gasteiger partial charge in [-0.25, -0.2) is 0 Å². The molecule has 0 radical (unpaired) electrons. The predicted molar refractivity (Wildman–Crippen MR) is 69.3 cm³/mol. The van der Waals surface area contributed by atoms with Crippen LogP contribution in [0, 0.1) is 0 Å². The minimum absolute atomic E-state index is 0.257. The van der Waals surface area contributed by atoms with E-state index in [1.807, 2.05) is 36.4 Å². The quantitative estimate of drug-likeness (QED) is 0.861. The lowest BCUT2D eigenvalue weighted by molar-refractivity contribution is 0.318. The summed E-state index contributed by atoms with van der Waals surface area (Å²) >= 11 is 0. The Morgan fingerprint density at radius 1 is 1.06 bits per heavy atom. The van der Waals surface area contributed by atoms with Gasteiger partial charge in [0.2, 0.25) is 0 Å². The smallest absolute Gasteiger partial charge is 0.127 e. The summed E-state index contributed by atoms with van der Waals surface area (Å²) in [4.78, 5) is 0. The van der Waals surface area contributed by atoms with Crippen LogP contribution >= 0.6 is 0 Å². The van der Waals surface area contributed by atoms with Crippen LogP contribution in [-0.2, 0) is 0 Å². The summed E-state index contributed by atoms with van der Waals surface area (Å²) in [6, 6.07) is 15.1. The molecule has 0 spiro atoms. The van der Waals surface area contributed by atoms with Gasteiger partial charge < -0.3 is 9.84 Å². The average Bonchev–Trinajstić information content (AvgIpc) is 2.38. The Morgan fingerprint density at radius 2 is 1.82 bits per heavy atom. The fourth-order valence-corrected chi connectivity index (χ4v) is 1.70. The Kier molecular flexibility index (Phi) is 3.66. The van der Waals surface area contributed by atoms with E-state index in [-0.39, 0.29) is 5.75 Å². The molecule has 2 aromatic carbocycles. The highest BCUT2D eigenvalue weighted by molar-refractivity contribution is 5.71. The molecule has 2 rings (SSSR count). The van der Waals surface area contributed by atoms with E-state index in [1.54, 1.807) is 12.1 Å². The van der Waals surface area contributed by atoms with Crippen LogP contribution in [0.3, 0.4) is 0 Å². The van der Waals surface area contributed by atoms with Crippen LogP contribution in [0.2, 0.25) is 0 Å². The maximum Gasteiger partial charge on any atom is 0.127 e. The first-order chi connectivity index (χ1) is 8.31. The van der Waals surface area contributed by atoms with Gasteiger partial charge in [-0.2, -0.15) is 0 Å². The standard InChI is InChI=1S/C15H16O2/c1-2-10-17-15-9-8-13(16)11-14(15)12-6-4-3-5-7-12/h3-9,11,16H,2,10H2,1H3. The Hall–Kier alpha value is -1.96. The zero-order valence-electron chi connectivity index (χ0n) is 9.89. The molecule has 0 atom stereocenters. The van der Waals surface area contributed by atoms with E-state index < -0.39 is 0 Å². The zero-order valence-corrected chi connectivity index (χ0v) is 9.89. The molecule has 0 aliphatic heterocycles. The van der Waals surface area contributed by atoms with Crippen LogP contribution in [0.15, 0.2) is 48.5 Å². The number of ether oxygens (including phenoxy) is 1. The molecule has 17 heavy (non-hydrogen) atoms. The Bertz CT molecular complexity index is 478. The Labute approximate surface area is 101 Å². The lowest BCUT2D eigenvalue weighted by Gasteiger charge is -2.11. The third-order valence-corrected chi connectivity index (χ3v) is 2.51. The highest BCUT2D eigenvalue weighted by Crippen LogP contribution is 2.33. The number of phenols is 1. The molecule has 2 nitrogen and oxygen atoms in total. The van der Waals surface area contributed by atoms with Crippen LogP contribution in [0.1, 0.15) is 13.3 Å². The molecule has 1 N–H and O–H groups in total. The van der Waals surface area contributed by atoms with Crippen molar-refractivity contribution in [1.29, 1.82) is 0 Å². The third kappa shape index (κ3) is 2.78. The number of rotatable bonds is 4. The number of aromatic hydroxyl groups is 1. The van der Waals surface area contributed by atoms with E-state index in [0.717, 1.165) is 23.3 Å². The summed E-state index contributed by atoms with van der Waals surface area (Å²) in [5, 5.41) is 9.57. The summed E-state index contributed by atoms with van der Waals surface area (Å²) in [6.45, 7) is 2.76. The van der Waals surface area contributed by atoms with E-state index in [9.17, 15) is 5.11 Å². The number of hydrogen-bond donors (Lipinski definition) is 1. The summed E-state index contributed by atoms with van der Waals surface area (Å²) in [6.07, 6.45) is 0.967. The monoisotopic (exact) mass is 228 g/mol. The van der Waals surface area contributed by atoms with Crippen molar-refractivity contribution in [2.75, 3.05) is 6.61 Å². The van der Waals surface area contributed by atoms with Gasteiger partial charge in [0, 0.05) is 5.56 Å². The lowest BCUT2D eigenvalue weighted by atomic mass is 10.0. The summed E-state index contributed by atoms with van der Waals surface area (Å²) in [7, 11) is 0. The second-order valence-corrected chi connectivity index (χ2v) is 3.89. The van der Waals surface area contributed by atoms with Gasteiger partial charge in [-0.1, -0.05) is 37.3 Å². The highest BCUT2D eigenvalue weighted by Gasteiger charge is 2.06. The van der Waals surface area contributed by atoms with Crippen molar-refractivity contribution in [3.8, 4) is 22.6 Å². The normalized spacial score (nSPS) is 10.2. The van der Waals surface area contributed by atoms with Crippen LogP contribution in [0.25, 0.3) is 11.1 Å². The molecular formula is C15H16O2. The number of benzene rings is 2. The van der Waals surface area contributed by atoms with E-state index >= 15 is 0 Å². The topological polar surface area (TPSA) is 29.5 Å². The minimum Gasteiger partial charge on any atom is -0.508 e. The average molecular weight is 228 g/mol. The van der Waals surface area contributed by atoms with Gasteiger partial charge in [-0.3, -0.25) is 0 Å². The van der Waals surface area contributed by atoms with Gasteiger partial charge in [0.15, 0.2) is 0 Å². The van der Waals surface area contributed by atoms with Crippen molar-refractivity contribution < 1.29 is 9.84 Å². The van der Waals surface area contributed by atoms with Crippen molar-refractivity contribution in [3.05, 3.63) is 48.5 Å². The van der Waals surface area contributed by atoms with Crippen LogP contribution < -0.4 is 4.74 Å². The molecule has 0 unspecified atom stereocenters. The highest BCUT2D eigenvalue weighted by atomic mass is 16.5. The second-order valence-electron chi connectivity index (χ2n) is 3.89. The number of phenolic OH excluding ortho intramolecular Hbond substituents is 1. The van der Waals surface area contributed by atoms with Crippen LogP contribution in [0.5, 0.6) is 11.5 Å². The molecule has 88 valence electrons. The van der Waals surface area contributed by atoms with E-state index in [0.29, 0.717) is 6.61 Å². The van der Waals surface area contributed by atoms with E-state index in [1.165, 1.54) is 0 Å². The molecule has 0 saturated heterocycles. The van der Waals surface area contributed by atoms with Crippen molar-refractivity contribution in [2.45, 2.75) is 13.3 Å². The molecule has 0 heterocycles. The molecule has 0 aliphatic rings. The largest absolute Gasteiger partial charge is 0.508 e. The maximum atomic E-state index is 9.57. The molecule has 0 saturated carbocycles. The molecule has 0 aromatic heterocycles. The minimum atomic E-state index is 0.257. The van der Waals surface area contributed by atoms with E-state index in [2.05, 4.69) is 6.92 Å². The fraction of sp³-hybridized carbons (Fsp3) is 0.200. The van der Waals surface area contributed by atoms with Gasteiger partial charge in [0.1, 0.15) is 11.5 Å². The molecule has 0 bridgehead atoms. The first-order valence-electron chi connectivity index (χ1n) is 5.82. The summed E-state index contributed by atoms with van der Waals surface area (Å²) < 4.78 is 5.68. The molecule has 2 aromatic rings. The van der Waals surface area contributed by atoms with Crippen LogP contribution in [0.4, 0.5) is 0 Å². The molecule has 0 fully saturated rings. The maximum absolute atomic E-state index is 9.57. The molecule has 2 heteroatoms. The van der Waals surface area contributed by atoms with Gasteiger partial charge in [-0.05, 0) is 30.2 Å². The summed E-state index contributed by atoms with van der Waals surface area (Å²) in [5.41, 5.74) is 1.98. The van der Waals surface area contributed by atoms with E-state index in [4.69, 9.17) is 4.74 Å². The lowest BCUT2D eigenvalue weighted by Crippen LogP contribution is -1.96. The van der Waals surface area contributed by atoms with Gasteiger partial charge >= 0.3 is 0 Å².